The van der Waals surface area contributed by atoms with E-state index in [1.165, 1.54) is 13.0 Å². The molecule has 0 aliphatic carbocycles. The second kappa shape index (κ2) is 7.31. The Balaban J connectivity index is 1.95. The van der Waals surface area contributed by atoms with Crippen molar-refractivity contribution in [2.24, 2.45) is 0 Å². The van der Waals surface area contributed by atoms with Crippen molar-refractivity contribution < 1.29 is 13.9 Å². The highest BCUT2D eigenvalue weighted by Crippen LogP contribution is 2.30. The molecule has 0 saturated carbocycles. The lowest BCUT2D eigenvalue weighted by Crippen LogP contribution is -2.02. The molecule has 0 aliphatic heterocycles. The maximum absolute atomic E-state index is 14.3. The molecule has 0 spiro atoms. The van der Waals surface area contributed by atoms with E-state index in [0.717, 1.165) is 11.1 Å². The molecule has 0 saturated heterocycles. The number of carbonyl (C=O) groups excluding carboxylic acids is 1. The minimum atomic E-state index is -0.287. The molecule has 25 heavy (non-hydrogen) atoms. The van der Waals surface area contributed by atoms with Gasteiger partial charge in [-0.2, -0.15) is 0 Å². The summed E-state index contributed by atoms with van der Waals surface area (Å²) in [5.74, 6) is 0.0948. The monoisotopic (exact) mass is 334 g/mol. The maximum atomic E-state index is 14.3. The normalized spacial score (nSPS) is 10.5. The number of benzene rings is 3. The van der Waals surface area contributed by atoms with Gasteiger partial charge < -0.3 is 4.74 Å². The van der Waals surface area contributed by atoms with Gasteiger partial charge in [-0.1, -0.05) is 48.5 Å². The van der Waals surface area contributed by atoms with Crippen molar-refractivity contribution in [1.29, 1.82) is 0 Å². The predicted molar refractivity (Wildman–Crippen MR) is 97.4 cm³/mol. The van der Waals surface area contributed by atoms with E-state index < -0.39 is 0 Å². The highest BCUT2D eigenvalue weighted by Gasteiger charge is 2.13. The van der Waals surface area contributed by atoms with Crippen LogP contribution in [0.25, 0.3) is 11.1 Å². The molecule has 3 aromatic rings. The van der Waals surface area contributed by atoms with E-state index in [1.54, 1.807) is 24.3 Å². The summed E-state index contributed by atoms with van der Waals surface area (Å²) in [5, 5.41) is 0. The first-order valence-electron chi connectivity index (χ1n) is 8.13. The molecular weight excluding hydrogens is 315 g/mol. The van der Waals surface area contributed by atoms with Crippen molar-refractivity contribution in [2.75, 3.05) is 0 Å². The van der Waals surface area contributed by atoms with Crippen LogP contribution in [0.5, 0.6) is 5.75 Å². The average Bonchev–Trinajstić information content (AvgIpc) is 2.60. The van der Waals surface area contributed by atoms with Crippen LogP contribution in [0.15, 0.2) is 66.7 Å². The lowest BCUT2D eigenvalue weighted by atomic mass is 10.00. The van der Waals surface area contributed by atoms with Gasteiger partial charge in [0.25, 0.3) is 0 Å². The van der Waals surface area contributed by atoms with E-state index >= 15 is 0 Å². The molecule has 0 unspecified atom stereocenters. The zero-order valence-electron chi connectivity index (χ0n) is 14.3. The van der Waals surface area contributed by atoms with Crippen LogP contribution in [-0.4, -0.2) is 5.78 Å². The number of hydrogen-bond donors (Lipinski definition) is 0. The van der Waals surface area contributed by atoms with Gasteiger partial charge in [-0.15, -0.1) is 0 Å². The summed E-state index contributed by atoms with van der Waals surface area (Å²) in [4.78, 5) is 11.9. The van der Waals surface area contributed by atoms with Gasteiger partial charge >= 0.3 is 0 Å². The molecule has 3 aromatic carbocycles. The molecule has 0 amide bonds. The van der Waals surface area contributed by atoms with Gasteiger partial charge in [0, 0.05) is 5.56 Å². The molecular formula is C22H19FO2. The highest BCUT2D eigenvalue weighted by atomic mass is 19.1. The van der Waals surface area contributed by atoms with Crippen LogP contribution in [0.3, 0.4) is 0 Å². The van der Waals surface area contributed by atoms with Gasteiger partial charge in [0.2, 0.25) is 0 Å². The number of halogens is 1. The van der Waals surface area contributed by atoms with Crippen LogP contribution in [0.2, 0.25) is 0 Å². The first-order valence-corrected chi connectivity index (χ1v) is 8.13. The summed E-state index contributed by atoms with van der Waals surface area (Å²) in [6.07, 6.45) is 0. The van der Waals surface area contributed by atoms with Crippen LogP contribution < -0.4 is 4.74 Å². The van der Waals surface area contributed by atoms with Crippen LogP contribution in [0.4, 0.5) is 4.39 Å². The van der Waals surface area contributed by atoms with Crippen LogP contribution in [0, 0.1) is 12.7 Å². The molecule has 3 rings (SSSR count). The third kappa shape index (κ3) is 3.94. The van der Waals surface area contributed by atoms with Crippen molar-refractivity contribution in [3.05, 3.63) is 89.2 Å². The van der Waals surface area contributed by atoms with Crippen molar-refractivity contribution in [3.63, 3.8) is 0 Å². The Bertz CT molecular complexity index is 901. The third-order valence-corrected chi connectivity index (χ3v) is 4.03. The van der Waals surface area contributed by atoms with Crippen LogP contribution >= 0.6 is 0 Å². The molecule has 3 heteroatoms. The molecule has 0 fully saturated rings. The highest BCUT2D eigenvalue weighted by molar-refractivity contribution is 5.97. The smallest absolute Gasteiger partial charge is 0.163 e. The summed E-state index contributed by atoms with van der Waals surface area (Å²) in [6.45, 7) is 3.69. The van der Waals surface area contributed by atoms with E-state index in [4.69, 9.17) is 4.74 Å². The van der Waals surface area contributed by atoms with Gasteiger partial charge in [-0.3, -0.25) is 4.79 Å². The van der Waals surface area contributed by atoms with Crippen molar-refractivity contribution in [1.82, 2.24) is 0 Å². The average molecular weight is 334 g/mol. The van der Waals surface area contributed by atoms with Gasteiger partial charge in [-0.05, 0) is 48.7 Å². The lowest BCUT2D eigenvalue weighted by Gasteiger charge is -2.13. The number of carbonyl (C=O) groups is 1. The fourth-order valence-electron chi connectivity index (χ4n) is 2.69. The van der Waals surface area contributed by atoms with Crippen molar-refractivity contribution >= 4 is 5.78 Å². The van der Waals surface area contributed by atoms with E-state index in [0.29, 0.717) is 29.0 Å². The summed E-state index contributed by atoms with van der Waals surface area (Å²) < 4.78 is 20.1. The lowest BCUT2D eigenvalue weighted by molar-refractivity contribution is 0.101. The number of hydrogen-bond acceptors (Lipinski definition) is 2. The van der Waals surface area contributed by atoms with E-state index in [9.17, 15) is 9.18 Å². The molecule has 0 bridgehead atoms. The Morgan fingerprint density at radius 1 is 1.00 bits per heavy atom. The van der Waals surface area contributed by atoms with E-state index in [1.807, 2.05) is 43.3 Å². The zero-order valence-corrected chi connectivity index (χ0v) is 14.3. The van der Waals surface area contributed by atoms with Crippen molar-refractivity contribution in [2.45, 2.75) is 20.5 Å². The number of ether oxygens (including phenoxy) is 1. The van der Waals surface area contributed by atoms with Crippen LogP contribution in [-0.2, 0) is 6.61 Å². The first-order chi connectivity index (χ1) is 12.0. The molecule has 0 heterocycles. The van der Waals surface area contributed by atoms with Gasteiger partial charge in [0.05, 0.1) is 5.56 Å². The minimum Gasteiger partial charge on any atom is -0.488 e. The van der Waals surface area contributed by atoms with Gasteiger partial charge in [0.1, 0.15) is 18.2 Å². The standard InChI is InChI=1S/C22H19FO2/c1-15-8-10-20(21(23)12-15)18-9-11-19(16(2)24)22(13-18)25-14-17-6-4-3-5-7-17/h3-13H,14H2,1-2H3. The van der Waals surface area contributed by atoms with E-state index in [2.05, 4.69) is 0 Å². The first kappa shape index (κ1) is 16.9. The SMILES string of the molecule is CC(=O)c1ccc(-c2ccc(C)cc2F)cc1OCc1ccccc1. The number of ketones is 1. The summed E-state index contributed by atoms with van der Waals surface area (Å²) in [5.41, 5.74) is 3.54. The Hall–Kier alpha value is -2.94. The Labute approximate surface area is 146 Å². The zero-order chi connectivity index (χ0) is 17.8. The summed E-state index contributed by atoms with van der Waals surface area (Å²) in [7, 11) is 0. The molecule has 2 nitrogen and oxygen atoms in total. The number of rotatable bonds is 5. The fraction of sp³-hybridized carbons (Fsp3) is 0.136. The quantitative estimate of drug-likeness (QED) is 0.569. The molecule has 0 radical (unpaired) electrons. The molecule has 0 N–H and O–H groups in total. The summed E-state index contributed by atoms with van der Waals surface area (Å²) in [6, 6.07) is 20.0. The molecule has 126 valence electrons. The van der Waals surface area contributed by atoms with Crippen molar-refractivity contribution in [3.8, 4) is 16.9 Å². The predicted octanol–water partition coefficient (Wildman–Crippen LogP) is 5.58. The maximum Gasteiger partial charge on any atom is 0.163 e. The van der Waals surface area contributed by atoms with Gasteiger partial charge in [0.15, 0.2) is 5.78 Å². The minimum absolute atomic E-state index is 0.0843. The Kier molecular flexibility index (Phi) is 4.94. The number of Topliss-reactive ketones (excluding diaryl/α,β-unsaturated/α-hetero) is 1. The molecule has 0 atom stereocenters. The Morgan fingerprint density at radius 2 is 1.76 bits per heavy atom. The second-order valence-electron chi connectivity index (χ2n) is 6.02. The fourth-order valence-corrected chi connectivity index (χ4v) is 2.69. The Morgan fingerprint density at radius 3 is 2.44 bits per heavy atom. The largest absolute Gasteiger partial charge is 0.488 e. The van der Waals surface area contributed by atoms with Crippen LogP contribution in [0.1, 0.15) is 28.4 Å². The third-order valence-electron chi connectivity index (χ3n) is 4.03. The topological polar surface area (TPSA) is 26.3 Å². The van der Waals surface area contributed by atoms with Gasteiger partial charge in [-0.25, -0.2) is 4.39 Å². The molecule has 0 aromatic heterocycles. The molecule has 0 aliphatic rings. The number of aryl methyl sites for hydroxylation is 1. The van der Waals surface area contributed by atoms with E-state index in [-0.39, 0.29) is 11.6 Å². The summed E-state index contributed by atoms with van der Waals surface area (Å²) >= 11 is 0. The second-order valence-corrected chi connectivity index (χ2v) is 6.02.